The summed E-state index contributed by atoms with van der Waals surface area (Å²) in [5.74, 6) is 2.05. The van der Waals surface area contributed by atoms with Gasteiger partial charge < -0.3 is 14.6 Å². The van der Waals surface area contributed by atoms with E-state index in [4.69, 9.17) is 9.26 Å². The van der Waals surface area contributed by atoms with Crippen LogP contribution in [0.5, 0.6) is 5.75 Å². The number of hydrogen-bond donors (Lipinski definition) is 1. The zero-order valence-corrected chi connectivity index (χ0v) is 13.5. The lowest BCUT2D eigenvalue weighted by atomic mass is 10.2. The lowest BCUT2D eigenvalue weighted by molar-refractivity contribution is 0.280. The normalized spacial score (nSPS) is 14.4. The average Bonchev–Trinajstić information content (AvgIpc) is 3.21. The van der Waals surface area contributed by atoms with E-state index < -0.39 is 0 Å². The fraction of sp³-hybridized carbons (Fsp3) is 0.467. The minimum absolute atomic E-state index is 0.308. The molecule has 1 heterocycles. The lowest BCUT2D eigenvalue weighted by Crippen LogP contribution is -2.16. The third-order valence-corrected chi connectivity index (χ3v) is 3.99. The smallest absolute Gasteiger partial charge is 0.226 e. The molecule has 0 bridgehead atoms. The first kappa shape index (κ1) is 14.5. The summed E-state index contributed by atoms with van der Waals surface area (Å²) in [6.07, 6.45) is 3.28. The van der Waals surface area contributed by atoms with E-state index in [1.807, 2.05) is 19.1 Å². The molecule has 0 aliphatic heterocycles. The van der Waals surface area contributed by atoms with Gasteiger partial charge in [0.15, 0.2) is 6.61 Å². The summed E-state index contributed by atoms with van der Waals surface area (Å²) < 4.78 is 11.9. The number of para-hydroxylation sites is 1. The molecule has 0 spiro atoms. The first-order chi connectivity index (χ1) is 10.3. The number of nitrogens with zero attached hydrogens (tertiary/aromatic N) is 2. The third-order valence-electron chi connectivity index (χ3n) is 3.37. The van der Waals surface area contributed by atoms with Crippen molar-refractivity contribution in [3.8, 4) is 5.75 Å². The molecular weight excluding hydrogens is 334 g/mol. The first-order valence-electron chi connectivity index (χ1n) is 7.21. The molecular formula is C15H18BrN3O2. The maximum Gasteiger partial charge on any atom is 0.226 e. The predicted octanol–water partition coefficient (Wildman–Crippen LogP) is 3.23. The van der Waals surface area contributed by atoms with Gasteiger partial charge in [0.1, 0.15) is 5.75 Å². The van der Waals surface area contributed by atoms with Gasteiger partial charge in [-0.15, -0.1) is 0 Å². The summed E-state index contributed by atoms with van der Waals surface area (Å²) in [6.45, 7) is 3.10. The van der Waals surface area contributed by atoms with Gasteiger partial charge in [0, 0.05) is 24.6 Å². The highest BCUT2D eigenvalue weighted by Crippen LogP contribution is 2.30. The van der Waals surface area contributed by atoms with Gasteiger partial charge in [-0.3, -0.25) is 0 Å². The standard InChI is InChI=1S/C15H18BrN3O2/c1-2-14-18-13(19-21-14)9-20-15-10(4-3-5-12(15)16)8-17-11-6-7-11/h3-5,11,17H,2,6-9H2,1H3. The molecule has 0 radical (unpaired) electrons. The number of benzene rings is 1. The molecule has 0 unspecified atom stereocenters. The first-order valence-corrected chi connectivity index (χ1v) is 8.00. The Balaban J connectivity index is 1.67. The number of hydrogen-bond acceptors (Lipinski definition) is 5. The van der Waals surface area contributed by atoms with E-state index in [-0.39, 0.29) is 0 Å². The lowest BCUT2D eigenvalue weighted by Gasteiger charge is -2.12. The fourth-order valence-electron chi connectivity index (χ4n) is 2.03. The third kappa shape index (κ3) is 3.83. The van der Waals surface area contributed by atoms with Crippen LogP contribution in [-0.2, 0) is 19.6 Å². The van der Waals surface area contributed by atoms with Crippen LogP contribution in [0.15, 0.2) is 27.2 Å². The molecule has 1 aliphatic carbocycles. The van der Waals surface area contributed by atoms with Crippen molar-refractivity contribution >= 4 is 15.9 Å². The van der Waals surface area contributed by atoms with Gasteiger partial charge in [-0.2, -0.15) is 4.98 Å². The van der Waals surface area contributed by atoms with Crippen molar-refractivity contribution in [2.24, 2.45) is 0 Å². The van der Waals surface area contributed by atoms with Gasteiger partial charge in [0.25, 0.3) is 0 Å². The van der Waals surface area contributed by atoms with Crippen molar-refractivity contribution in [1.82, 2.24) is 15.5 Å². The number of ether oxygens (including phenoxy) is 1. The molecule has 0 atom stereocenters. The SMILES string of the molecule is CCc1nc(COc2c(Br)cccc2CNC2CC2)no1. The Morgan fingerprint density at radius 2 is 2.29 bits per heavy atom. The van der Waals surface area contributed by atoms with Crippen molar-refractivity contribution in [2.75, 3.05) is 0 Å². The quantitative estimate of drug-likeness (QED) is 0.829. The van der Waals surface area contributed by atoms with Crippen LogP contribution in [0.25, 0.3) is 0 Å². The zero-order valence-electron chi connectivity index (χ0n) is 11.9. The molecule has 1 saturated carbocycles. The van der Waals surface area contributed by atoms with E-state index in [2.05, 4.69) is 37.5 Å². The Kier molecular flexibility index (Phi) is 4.55. The second-order valence-corrected chi connectivity index (χ2v) is 5.98. The average molecular weight is 352 g/mol. The molecule has 1 N–H and O–H groups in total. The van der Waals surface area contributed by atoms with E-state index in [9.17, 15) is 0 Å². The zero-order chi connectivity index (χ0) is 14.7. The summed E-state index contributed by atoms with van der Waals surface area (Å²) >= 11 is 3.55. The molecule has 2 aromatic rings. The molecule has 1 fully saturated rings. The van der Waals surface area contributed by atoms with E-state index in [0.717, 1.165) is 28.8 Å². The molecule has 112 valence electrons. The Morgan fingerprint density at radius 1 is 1.43 bits per heavy atom. The number of rotatable bonds is 7. The topological polar surface area (TPSA) is 60.2 Å². The number of aryl methyl sites for hydroxylation is 1. The fourth-order valence-corrected chi connectivity index (χ4v) is 2.55. The Labute approximate surface area is 132 Å². The Hall–Kier alpha value is -1.40. The number of nitrogens with one attached hydrogen (secondary N) is 1. The molecule has 1 aromatic carbocycles. The minimum Gasteiger partial charge on any atom is -0.484 e. The Bertz CT molecular complexity index is 611. The maximum atomic E-state index is 5.89. The summed E-state index contributed by atoms with van der Waals surface area (Å²) in [6, 6.07) is 6.73. The molecule has 1 aromatic heterocycles. The van der Waals surface area contributed by atoms with Crippen molar-refractivity contribution in [3.63, 3.8) is 0 Å². The molecule has 1 aliphatic rings. The highest BCUT2D eigenvalue weighted by molar-refractivity contribution is 9.10. The maximum absolute atomic E-state index is 5.89. The second kappa shape index (κ2) is 6.58. The van der Waals surface area contributed by atoms with Gasteiger partial charge in [-0.25, -0.2) is 0 Å². The minimum atomic E-state index is 0.308. The summed E-state index contributed by atoms with van der Waals surface area (Å²) in [5, 5.41) is 7.40. The predicted molar refractivity (Wildman–Crippen MR) is 82.0 cm³/mol. The highest BCUT2D eigenvalue weighted by atomic mass is 79.9. The van der Waals surface area contributed by atoms with Crippen LogP contribution in [0.3, 0.4) is 0 Å². The molecule has 5 nitrogen and oxygen atoms in total. The number of halogens is 1. The van der Waals surface area contributed by atoms with Crippen LogP contribution < -0.4 is 10.1 Å². The molecule has 6 heteroatoms. The van der Waals surface area contributed by atoms with E-state index in [1.54, 1.807) is 0 Å². The van der Waals surface area contributed by atoms with Gasteiger partial charge in [0.2, 0.25) is 11.7 Å². The highest BCUT2D eigenvalue weighted by Gasteiger charge is 2.21. The van der Waals surface area contributed by atoms with Crippen molar-refractivity contribution in [2.45, 2.75) is 45.4 Å². The molecule has 0 saturated heterocycles. The largest absolute Gasteiger partial charge is 0.484 e. The molecule has 0 amide bonds. The van der Waals surface area contributed by atoms with Gasteiger partial charge >= 0.3 is 0 Å². The van der Waals surface area contributed by atoms with E-state index >= 15 is 0 Å². The van der Waals surface area contributed by atoms with E-state index in [0.29, 0.717) is 24.4 Å². The van der Waals surface area contributed by atoms with Crippen LogP contribution in [0.2, 0.25) is 0 Å². The van der Waals surface area contributed by atoms with Crippen LogP contribution in [0, 0.1) is 0 Å². The molecule has 21 heavy (non-hydrogen) atoms. The van der Waals surface area contributed by atoms with Gasteiger partial charge in [-0.1, -0.05) is 24.2 Å². The van der Waals surface area contributed by atoms with Crippen molar-refractivity contribution in [3.05, 3.63) is 40.0 Å². The van der Waals surface area contributed by atoms with Crippen LogP contribution in [0.1, 0.15) is 37.0 Å². The van der Waals surface area contributed by atoms with Crippen LogP contribution in [0.4, 0.5) is 0 Å². The summed E-state index contributed by atoms with van der Waals surface area (Å²) in [5.41, 5.74) is 1.13. The Morgan fingerprint density at radius 3 is 3.00 bits per heavy atom. The van der Waals surface area contributed by atoms with E-state index in [1.165, 1.54) is 12.8 Å². The van der Waals surface area contributed by atoms with Gasteiger partial charge in [0.05, 0.1) is 4.47 Å². The molecule has 3 rings (SSSR count). The number of aromatic nitrogens is 2. The summed E-state index contributed by atoms with van der Waals surface area (Å²) in [7, 11) is 0. The van der Waals surface area contributed by atoms with Crippen molar-refractivity contribution < 1.29 is 9.26 Å². The summed E-state index contributed by atoms with van der Waals surface area (Å²) in [4.78, 5) is 4.25. The van der Waals surface area contributed by atoms with Gasteiger partial charge in [-0.05, 0) is 34.8 Å². The second-order valence-electron chi connectivity index (χ2n) is 5.13. The van der Waals surface area contributed by atoms with Crippen molar-refractivity contribution in [1.29, 1.82) is 0 Å². The van der Waals surface area contributed by atoms with Crippen LogP contribution in [-0.4, -0.2) is 16.2 Å². The monoisotopic (exact) mass is 351 g/mol. The van der Waals surface area contributed by atoms with Crippen LogP contribution >= 0.6 is 15.9 Å².